The first-order chi connectivity index (χ1) is 8.17. The van der Waals surface area contributed by atoms with E-state index in [0.29, 0.717) is 5.33 Å². The molecule has 4 nitrogen and oxygen atoms in total. The number of hydrogen-bond acceptors (Lipinski definition) is 3. The summed E-state index contributed by atoms with van der Waals surface area (Å²) in [6, 6.07) is 0. The molecule has 0 amide bonds. The van der Waals surface area contributed by atoms with E-state index in [2.05, 4.69) is 15.9 Å². The standard InChI is InChI=1S/C12H12BrNO3/c1-17-12-6-8-3-2-4-11(14(15)16)10(8)5-9(12)7-13/h2-6,8,10H,7H2,1H3/t8-,10?/m0/s1. The van der Waals surface area contributed by atoms with E-state index in [0.717, 1.165) is 11.3 Å². The SMILES string of the molecule is COC1=C[C@@H]2C=CC=C([N+](=O)[O-])C2C=C1CBr. The summed E-state index contributed by atoms with van der Waals surface area (Å²) < 4.78 is 5.28. The van der Waals surface area contributed by atoms with Crippen LogP contribution in [-0.4, -0.2) is 17.4 Å². The van der Waals surface area contributed by atoms with Gasteiger partial charge in [0, 0.05) is 22.9 Å². The molecule has 5 heteroatoms. The normalized spacial score (nSPS) is 26.6. The second kappa shape index (κ2) is 4.87. The molecule has 2 rings (SSSR count). The number of nitro groups is 1. The molecule has 0 aromatic heterocycles. The Balaban J connectivity index is 2.38. The second-order valence-corrected chi connectivity index (χ2v) is 4.46. The second-order valence-electron chi connectivity index (χ2n) is 3.90. The zero-order chi connectivity index (χ0) is 12.4. The van der Waals surface area contributed by atoms with Crippen molar-refractivity contribution in [2.24, 2.45) is 11.8 Å². The first kappa shape index (κ1) is 12.1. The van der Waals surface area contributed by atoms with Crippen LogP contribution in [0.2, 0.25) is 0 Å². The largest absolute Gasteiger partial charge is 0.497 e. The Morgan fingerprint density at radius 2 is 2.29 bits per heavy atom. The average Bonchev–Trinajstić information content (AvgIpc) is 2.35. The van der Waals surface area contributed by atoms with Crippen LogP contribution < -0.4 is 0 Å². The monoisotopic (exact) mass is 297 g/mol. The molecular weight excluding hydrogens is 286 g/mol. The van der Waals surface area contributed by atoms with E-state index < -0.39 is 0 Å². The summed E-state index contributed by atoms with van der Waals surface area (Å²) in [5.74, 6) is 0.608. The first-order valence-electron chi connectivity index (χ1n) is 5.23. The van der Waals surface area contributed by atoms with Crippen molar-refractivity contribution in [3.8, 4) is 0 Å². The van der Waals surface area contributed by atoms with Gasteiger partial charge in [0.2, 0.25) is 0 Å². The van der Waals surface area contributed by atoms with E-state index in [1.807, 2.05) is 18.2 Å². The molecule has 2 aliphatic rings. The molecular formula is C12H12BrNO3. The van der Waals surface area contributed by atoms with Crippen LogP contribution in [0, 0.1) is 22.0 Å². The van der Waals surface area contributed by atoms with Gasteiger partial charge in [0.25, 0.3) is 5.70 Å². The Kier molecular flexibility index (Phi) is 3.47. The average molecular weight is 298 g/mol. The third-order valence-electron chi connectivity index (χ3n) is 2.97. The number of ether oxygens (including phenoxy) is 1. The van der Waals surface area contributed by atoms with Crippen LogP contribution in [0.25, 0.3) is 0 Å². The number of allylic oxidation sites excluding steroid dienone is 6. The Bertz CT molecular complexity index is 462. The van der Waals surface area contributed by atoms with E-state index in [-0.39, 0.29) is 22.5 Å². The number of nitrogens with zero attached hydrogens (tertiary/aromatic N) is 1. The van der Waals surface area contributed by atoms with Crippen LogP contribution in [0.4, 0.5) is 0 Å². The highest BCUT2D eigenvalue weighted by atomic mass is 79.9. The van der Waals surface area contributed by atoms with Crippen molar-refractivity contribution in [2.75, 3.05) is 12.4 Å². The van der Waals surface area contributed by atoms with Gasteiger partial charge in [0.05, 0.1) is 18.0 Å². The number of rotatable bonds is 3. The van der Waals surface area contributed by atoms with E-state index in [9.17, 15) is 10.1 Å². The Morgan fingerprint density at radius 3 is 2.88 bits per heavy atom. The third kappa shape index (κ3) is 2.20. The number of halogens is 1. The lowest BCUT2D eigenvalue weighted by atomic mass is 9.80. The summed E-state index contributed by atoms with van der Waals surface area (Å²) in [5.41, 5.74) is 1.19. The van der Waals surface area contributed by atoms with Gasteiger partial charge in [-0.05, 0) is 6.08 Å². The first-order valence-corrected chi connectivity index (χ1v) is 6.35. The molecule has 1 unspecified atom stereocenters. The molecule has 0 spiro atoms. The van der Waals surface area contributed by atoms with E-state index in [4.69, 9.17) is 4.74 Å². The lowest BCUT2D eigenvalue weighted by Crippen LogP contribution is -2.23. The molecule has 2 atom stereocenters. The molecule has 0 heterocycles. The van der Waals surface area contributed by atoms with E-state index in [1.54, 1.807) is 19.3 Å². The lowest BCUT2D eigenvalue weighted by molar-refractivity contribution is -0.433. The maximum Gasteiger partial charge on any atom is 0.253 e. The highest BCUT2D eigenvalue weighted by Crippen LogP contribution is 2.36. The van der Waals surface area contributed by atoms with Crippen molar-refractivity contribution >= 4 is 15.9 Å². The van der Waals surface area contributed by atoms with Gasteiger partial charge in [-0.1, -0.05) is 34.2 Å². The van der Waals surface area contributed by atoms with Crippen molar-refractivity contribution in [1.29, 1.82) is 0 Å². The molecule has 0 aliphatic heterocycles. The van der Waals surface area contributed by atoms with Crippen molar-refractivity contribution < 1.29 is 9.66 Å². The molecule has 0 saturated heterocycles. The number of alkyl halides is 1. The zero-order valence-electron chi connectivity index (χ0n) is 9.30. The van der Waals surface area contributed by atoms with E-state index in [1.165, 1.54) is 0 Å². The van der Waals surface area contributed by atoms with Crippen molar-refractivity contribution in [1.82, 2.24) is 0 Å². The molecule has 0 bridgehead atoms. The highest BCUT2D eigenvalue weighted by molar-refractivity contribution is 9.09. The smallest absolute Gasteiger partial charge is 0.253 e. The van der Waals surface area contributed by atoms with Crippen LogP contribution in [0.3, 0.4) is 0 Å². The fourth-order valence-corrected chi connectivity index (χ4v) is 2.60. The minimum absolute atomic E-state index is 0.0122. The number of fused-ring (bicyclic) bond motifs is 1. The summed E-state index contributed by atoms with van der Waals surface area (Å²) in [4.78, 5) is 10.7. The van der Waals surface area contributed by atoms with Crippen LogP contribution in [-0.2, 0) is 4.74 Å². The molecule has 0 aromatic rings. The molecule has 90 valence electrons. The maximum atomic E-state index is 11.0. The Hall–Kier alpha value is -1.36. The summed E-state index contributed by atoms with van der Waals surface area (Å²) >= 11 is 3.37. The van der Waals surface area contributed by atoms with Gasteiger partial charge in [-0.15, -0.1) is 0 Å². The molecule has 0 radical (unpaired) electrons. The van der Waals surface area contributed by atoms with Crippen LogP contribution >= 0.6 is 15.9 Å². The minimum atomic E-state index is -0.310. The highest BCUT2D eigenvalue weighted by Gasteiger charge is 2.34. The van der Waals surface area contributed by atoms with Crippen molar-refractivity contribution in [3.63, 3.8) is 0 Å². The predicted molar refractivity (Wildman–Crippen MR) is 68.2 cm³/mol. The van der Waals surface area contributed by atoms with Gasteiger partial charge in [0.15, 0.2) is 0 Å². The molecule has 0 saturated carbocycles. The molecule has 2 aliphatic carbocycles. The summed E-state index contributed by atoms with van der Waals surface area (Å²) in [6.07, 6.45) is 9.11. The fraction of sp³-hybridized carbons (Fsp3) is 0.333. The van der Waals surface area contributed by atoms with Crippen LogP contribution in [0.15, 0.2) is 47.4 Å². The van der Waals surface area contributed by atoms with Crippen LogP contribution in [0.5, 0.6) is 0 Å². The Labute approximate surface area is 108 Å². The maximum absolute atomic E-state index is 11.0. The van der Waals surface area contributed by atoms with Gasteiger partial charge >= 0.3 is 0 Å². The van der Waals surface area contributed by atoms with Crippen molar-refractivity contribution in [3.05, 3.63) is 57.5 Å². The fourth-order valence-electron chi connectivity index (χ4n) is 2.14. The topological polar surface area (TPSA) is 52.4 Å². The minimum Gasteiger partial charge on any atom is -0.497 e. The van der Waals surface area contributed by atoms with Gasteiger partial charge < -0.3 is 4.74 Å². The van der Waals surface area contributed by atoms with Crippen molar-refractivity contribution in [2.45, 2.75) is 0 Å². The van der Waals surface area contributed by atoms with Gasteiger partial charge in [-0.25, -0.2) is 0 Å². The summed E-state index contributed by atoms with van der Waals surface area (Å²) in [7, 11) is 1.61. The Morgan fingerprint density at radius 1 is 1.53 bits per heavy atom. The molecule has 17 heavy (non-hydrogen) atoms. The predicted octanol–water partition coefficient (Wildman–Crippen LogP) is 2.81. The molecule has 0 aromatic carbocycles. The van der Waals surface area contributed by atoms with Gasteiger partial charge in [-0.2, -0.15) is 0 Å². The number of methoxy groups -OCH3 is 1. The summed E-state index contributed by atoms with van der Waals surface area (Å²) in [6.45, 7) is 0. The quantitative estimate of drug-likeness (QED) is 0.457. The molecule has 0 N–H and O–H groups in total. The number of hydrogen-bond donors (Lipinski definition) is 0. The summed E-state index contributed by atoms with van der Waals surface area (Å²) in [5, 5.41) is 11.6. The van der Waals surface area contributed by atoms with E-state index >= 15 is 0 Å². The van der Waals surface area contributed by atoms with Gasteiger partial charge in [0.1, 0.15) is 5.76 Å². The lowest BCUT2D eigenvalue weighted by Gasteiger charge is -2.26. The zero-order valence-corrected chi connectivity index (χ0v) is 10.9. The molecule has 0 fully saturated rings. The van der Waals surface area contributed by atoms with Gasteiger partial charge in [-0.3, -0.25) is 10.1 Å². The van der Waals surface area contributed by atoms with Crippen LogP contribution in [0.1, 0.15) is 0 Å². The third-order valence-corrected chi connectivity index (χ3v) is 3.58.